The van der Waals surface area contributed by atoms with Gasteiger partial charge in [-0.3, -0.25) is 4.79 Å². The number of carbonyl (C=O) groups is 1. The van der Waals surface area contributed by atoms with E-state index in [1.165, 1.54) is 6.20 Å². The third-order valence-corrected chi connectivity index (χ3v) is 3.50. The average molecular weight is 284 g/mol. The highest BCUT2D eigenvalue weighted by Crippen LogP contribution is 2.21. The SMILES string of the molecule is CCNc1cc(C(=O)N2CCC(O)CC2)c(Cl)cn1. The molecule has 6 heteroatoms. The van der Waals surface area contributed by atoms with Crippen LogP contribution in [0.2, 0.25) is 5.02 Å². The van der Waals surface area contributed by atoms with E-state index in [4.69, 9.17) is 11.6 Å². The first-order valence-corrected chi connectivity index (χ1v) is 6.86. The van der Waals surface area contributed by atoms with E-state index in [2.05, 4.69) is 10.3 Å². The fraction of sp³-hybridized carbons (Fsp3) is 0.538. The number of amides is 1. The van der Waals surface area contributed by atoms with E-state index in [1.807, 2.05) is 6.92 Å². The number of halogens is 1. The Balaban J connectivity index is 2.15. The summed E-state index contributed by atoms with van der Waals surface area (Å²) in [5, 5.41) is 12.9. The Morgan fingerprint density at radius 3 is 2.89 bits per heavy atom. The Morgan fingerprint density at radius 2 is 2.26 bits per heavy atom. The molecule has 104 valence electrons. The molecule has 1 amide bonds. The molecule has 1 aliphatic heterocycles. The number of aliphatic hydroxyl groups excluding tert-OH is 1. The second-order valence-corrected chi connectivity index (χ2v) is 5.01. The number of aromatic nitrogens is 1. The van der Waals surface area contributed by atoms with Crippen LogP contribution in [0, 0.1) is 0 Å². The molecule has 0 aromatic carbocycles. The lowest BCUT2D eigenvalue weighted by molar-refractivity contribution is 0.0546. The molecule has 0 spiro atoms. The van der Waals surface area contributed by atoms with Crippen LogP contribution in [0.25, 0.3) is 0 Å². The molecule has 5 nitrogen and oxygen atoms in total. The number of aliphatic hydroxyl groups is 1. The van der Waals surface area contributed by atoms with Crippen molar-refractivity contribution < 1.29 is 9.90 Å². The minimum atomic E-state index is -0.297. The van der Waals surface area contributed by atoms with Gasteiger partial charge in [-0.15, -0.1) is 0 Å². The maximum absolute atomic E-state index is 12.4. The van der Waals surface area contributed by atoms with Crippen LogP contribution in [0.15, 0.2) is 12.3 Å². The lowest BCUT2D eigenvalue weighted by Gasteiger charge is -2.29. The first-order valence-electron chi connectivity index (χ1n) is 6.48. The molecule has 0 aliphatic carbocycles. The van der Waals surface area contributed by atoms with Crippen LogP contribution in [0.5, 0.6) is 0 Å². The van der Waals surface area contributed by atoms with Gasteiger partial charge >= 0.3 is 0 Å². The Labute approximate surface area is 117 Å². The highest BCUT2D eigenvalue weighted by Gasteiger charge is 2.24. The van der Waals surface area contributed by atoms with Crippen molar-refractivity contribution in [1.29, 1.82) is 0 Å². The number of rotatable bonds is 3. The topological polar surface area (TPSA) is 65.5 Å². The molecule has 1 saturated heterocycles. The Hall–Kier alpha value is -1.33. The van der Waals surface area contributed by atoms with E-state index < -0.39 is 0 Å². The first-order chi connectivity index (χ1) is 9.11. The summed E-state index contributed by atoms with van der Waals surface area (Å²) in [6, 6.07) is 1.68. The number of carbonyl (C=O) groups excluding carboxylic acids is 1. The number of anilines is 1. The molecule has 1 aliphatic rings. The van der Waals surface area contributed by atoms with Crippen LogP contribution in [0.1, 0.15) is 30.1 Å². The third kappa shape index (κ3) is 3.36. The summed E-state index contributed by atoms with van der Waals surface area (Å²) in [7, 11) is 0. The molecule has 2 rings (SSSR count). The van der Waals surface area contributed by atoms with E-state index in [0.717, 1.165) is 6.54 Å². The van der Waals surface area contributed by atoms with Crippen molar-refractivity contribution in [3.8, 4) is 0 Å². The highest BCUT2D eigenvalue weighted by molar-refractivity contribution is 6.33. The molecular formula is C13H18ClN3O2. The molecule has 0 atom stereocenters. The van der Waals surface area contributed by atoms with Gasteiger partial charge < -0.3 is 15.3 Å². The Bertz CT molecular complexity index is 459. The predicted molar refractivity (Wildman–Crippen MR) is 74.6 cm³/mol. The van der Waals surface area contributed by atoms with Gasteiger partial charge in [-0.25, -0.2) is 4.98 Å². The van der Waals surface area contributed by atoms with Crippen LogP contribution >= 0.6 is 11.6 Å². The van der Waals surface area contributed by atoms with Crippen molar-refractivity contribution in [2.75, 3.05) is 25.0 Å². The zero-order valence-electron chi connectivity index (χ0n) is 10.9. The first kappa shape index (κ1) is 14.1. The average Bonchev–Trinajstić information content (AvgIpc) is 2.41. The minimum absolute atomic E-state index is 0.0987. The van der Waals surface area contributed by atoms with Gasteiger partial charge in [0.1, 0.15) is 5.82 Å². The summed E-state index contributed by atoms with van der Waals surface area (Å²) in [6.45, 7) is 3.83. The molecule has 2 N–H and O–H groups in total. The molecule has 19 heavy (non-hydrogen) atoms. The Morgan fingerprint density at radius 1 is 1.58 bits per heavy atom. The number of hydrogen-bond donors (Lipinski definition) is 2. The van der Waals surface area contributed by atoms with Gasteiger partial charge in [-0.2, -0.15) is 0 Å². The molecule has 2 heterocycles. The number of nitrogens with one attached hydrogen (secondary N) is 1. The maximum atomic E-state index is 12.4. The van der Waals surface area contributed by atoms with E-state index in [9.17, 15) is 9.90 Å². The summed E-state index contributed by atoms with van der Waals surface area (Å²) in [6.07, 6.45) is 2.43. The standard InChI is InChI=1S/C13H18ClN3O2/c1-2-15-12-7-10(11(14)8-16-12)13(19)17-5-3-9(18)4-6-17/h7-9,18H,2-6H2,1H3,(H,15,16). The summed E-state index contributed by atoms with van der Waals surface area (Å²) >= 11 is 6.05. The number of pyridine rings is 1. The molecular weight excluding hydrogens is 266 g/mol. The number of piperidine rings is 1. The summed E-state index contributed by atoms with van der Waals surface area (Å²) in [5.41, 5.74) is 0.462. The van der Waals surface area contributed by atoms with Crippen LogP contribution in [0.3, 0.4) is 0 Å². The fourth-order valence-electron chi connectivity index (χ4n) is 2.12. The monoisotopic (exact) mass is 283 g/mol. The molecule has 0 unspecified atom stereocenters. The number of likely N-dealkylation sites (tertiary alicyclic amines) is 1. The van der Waals surface area contributed by atoms with E-state index in [0.29, 0.717) is 42.3 Å². The van der Waals surface area contributed by atoms with Crippen molar-refractivity contribution >= 4 is 23.3 Å². The predicted octanol–water partition coefficient (Wildman–Crippen LogP) is 1.76. The quantitative estimate of drug-likeness (QED) is 0.887. The van der Waals surface area contributed by atoms with Gasteiger partial charge in [-0.05, 0) is 25.8 Å². The second kappa shape index (κ2) is 6.21. The normalized spacial score (nSPS) is 16.5. The van der Waals surface area contributed by atoms with Crippen molar-refractivity contribution in [2.24, 2.45) is 0 Å². The van der Waals surface area contributed by atoms with Gasteiger partial charge in [0.25, 0.3) is 5.91 Å². The van der Waals surface area contributed by atoms with Crippen LogP contribution in [-0.4, -0.2) is 46.6 Å². The minimum Gasteiger partial charge on any atom is -0.393 e. The van der Waals surface area contributed by atoms with Gasteiger partial charge in [0.15, 0.2) is 0 Å². The highest BCUT2D eigenvalue weighted by atomic mass is 35.5. The second-order valence-electron chi connectivity index (χ2n) is 4.60. The van der Waals surface area contributed by atoms with Crippen molar-refractivity contribution in [3.05, 3.63) is 22.8 Å². The van der Waals surface area contributed by atoms with Crippen molar-refractivity contribution in [1.82, 2.24) is 9.88 Å². The fourth-order valence-corrected chi connectivity index (χ4v) is 2.30. The molecule has 1 aromatic rings. The number of hydrogen-bond acceptors (Lipinski definition) is 4. The van der Waals surface area contributed by atoms with Crippen molar-refractivity contribution in [3.63, 3.8) is 0 Å². The molecule has 0 radical (unpaired) electrons. The van der Waals surface area contributed by atoms with E-state index in [1.54, 1.807) is 11.0 Å². The van der Waals surface area contributed by atoms with Crippen LogP contribution < -0.4 is 5.32 Å². The molecule has 1 aromatic heterocycles. The maximum Gasteiger partial charge on any atom is 0.255 e. The van der Waals surface area contributed by atoms with Crippen LogP contribution in [0.4, 0.5) is 5.82 Å². The van der Waals surface area contributed by atoms with Gasteiger partial charge in [0.05, 0.1) is 16.7 Å². The zero-order chi connectivity index (χ0) is 13.8. The molecule has 0 bridgehead atoms. The Kier molecular flexibility index (Phi) is 4.61. The summed E-state index contributed by atoms with van der Waals surface area (Å²) in [5.74, 6) is 0.547. The van der Waals surface area contributed by atoms with Crippen LogP contribution in [-0.2, 0) is 0 Å². The van der Waals surface area contributed by atoms with Gasteiger partial charge in [-0.1, -0.05) is 11.6 Å². The summed E-state index contributed by atoms with van der Waals surface area (Å²) in [4.78, 5) is 18.2. The van der Waals surface area contributed by atoms with E-state index in [-0.39, 0.29) is 12.0 Å². The lowest BCUT2D eigenvalue weighted by Crippen LogP contribution is -2.40. The largest absolute Gasteiger partial charge is 0.393 e. The van der Waals surface area contributed by atoms with Crippen molar-refractivity contribution in [2.45, 2.75) is 25.9 Å². The summed E-state index contributed by atoms with van der Waals surface area (Å²) < 4.78 is 0. The smallest absolute Gasteiger partial charge is 0.255 e. The molecule has 1 fully saturated rings. The third-order valence-electron chi connectivity index (χ3n) is 3.20. The van der Waals surface area contributed by atoms with E-state index >= 15 is 0 Å². The molecule has 0 saturated carbocycles. The van der Waals surface area contributed by atoms with Gasteiger partial charge in [0.2, 0.25) is 0 Å². The zero-order valence-corrected chi connectivity index (χ0v) is 11.7. The van der Waals surface area contributed by atoms with Gasteiger partial charge in [0, 0.05) is 25.8 Å². The number of nitrogens with zero attached hydrogens (tertiary/aromatic N) is 2. The lowest BCUT2D eigenvalue weighted by atomic mass is 10.1.